The Hall–Kier alpha value is -0.610. The van der Waals surface area contributed by atoms with Crippen molar-refractivity contribution in [2.24, 2.45) is 5.73 Å². The van der Waals surface area contributed by atoms with E-state index in [0.717, 1.165) is 11.5 Å². The van der Waals surface area contributed by atoms with Crippen LogP contribution in [0.1, 0.15) is 96.8 Å². The highest BCUT2D eigenvalue weighted by Crippen LogP contribution is 2.12. The van der Waals surface area contributed by atoms with Gasteiger partial charge in [0.1, 0.15) is 0 Å². The molecule has 134 valence electrons. The number of unbranched alkanes of at least 4 members (excludes halogenated alkanes) is 12. The number of primary amides is 1. The fourth-order valence-corrected chi connectivity index (χ4v) is 2.32. The van der Waals surface area contributed by atoms with Crippen LogP contribution in [-0.4, -0.2) is 30.3 Å². The molecule has 0 spiro atoms. The van der Waals surface area contributed by atoms with Gasteiger partial charge in [0.2, 0.25) is 5.91 Å². The van der Waals surface area contributed by atoms with Gasteiger partial charge in [-0.05, 0) is 6.42 Å². The lowest BCUT2D eigenvalue weighted by molar-refractivity contribution is -0.118. The summed E-state index contributed by atoms with van der Waals surface area (Å²) in [6.45, 7) is 2.27. The molecule has 0 bridgehead atoms. The van der Waals surface area contributed by atoms with Gasteiger partial charge in [-0.2, -0.15) is 5.06 Å². The van der Waals surface area contributed by atoms with Gasteiger partial charge in [0, 0.05) is 20.5 Å². The van der Waals surface area contributed by atoms with Gasteiger partial charge in [-0.25, -0.2) is 0 Å². The van der Waals surface area contributed by atoms with Crippen molar-refractivity contribution in [3.63, 3.8) is 0 Å². The van der Waals surface area contributed by atoms with E-state index in [2.05, 4.69) is 6.92 Å². The maximum absolute atomic E-state index is 10.5. The van der Waals surface area contributed by atoms with Gasteiger partial charge < -0.3 is 10.9 Å². The SMILES string of the molecule is CCCCCCCCCCCCCCCC(N)=O.CN(C)O. The van der Waals surface area contributed by atoms with Crippen LogP contribution in [-0.2, 0) is 4.79 Å². The first kappa shape index (κ1) is 23.7. The summed E-state index contributed by atoms with van der Waals surface area (Å²) in [6.07, 6.45) is 17.9. The molecule has 0 aliphatic rings. The fourth-order valence-electron chi connectivity index (χ4n) is 2.32. The number of rotatable bonds is 14. The van der Waals surface area contributed by atoms with Crippen LogP contribution in [0.25, 0.3) is 0 Å². The third-order valence-corrected chi connectivity index (χ3v) is 3.53. The largest absolute Gasteiger partial charge is 0.370 e. The number of hydrogen-bond donors (Lipinski definition) is 2. The average molecular weight is 317 g/mol. The van der Waals surface area contributed by atoms with Gasteiger partial charge in [-0.1, -0.05) is 84.0 Å². The highest BCUT2D eigenvalue weighted by molar-refractivity contribution is 5.73. The van der Waals surface area contributed by atoms with Gasteiger partial charge in [-0.15, -0.1) is 0 Å². The van der Waals surface area contributed by atoms with Crippen molar-refractivity contribution in [3.05, 3.63) is 0 Å². The molecule has 0 fully saturated rings. The van der Waals surface area contributed by atoms with E-state index in [9.17, 15) is 4.79 Å². The van der Waals surface area contributed by atoms with Crippen molar-refractivity contribution in [1.82, 2.24) is 5.06 Å². The molecule has 0 saturated carbocycles. The van der Waals surface area contributed by atoms with E-state index in [4.69, 9.17) is 10.9 Å². The van der Waals surface area contributed by atoms with Crippen molar-refractivity contribution in [2.75, 3.05) is 14.1 Å². The van der Waals surface area contributed by atoms with Gasteiger partial charge in [0.15, 0.2) is 0 Å². The fraction of sp³-hybridized carbons (Fsp3) is 0.944. The van der Waals surface area contributed by atoms with E-state index in [0.29, 0.717) is 6.42 Å². The second-order valence-corrected chi connectivity index (χ2v) is 6.31. The molecule has 0 aromatic rings. The van der Waals surface area contributed by atoms with Crippen LogP contribution < -0.4 is 5.73 Å². The molecule has 0 aromatic heterocycles. The molecule has 0 aliphatic carbocycles. The number of nitrogens with zero attached hydrogens (tertiary/aromatic N) is 1. The molecular formula is C18H40N2O2. The lowest BCUT2D eigenvalue weighted by Crippen LogP contribution is -2.09. The summed E-state index contributed by atoms with van der Waals surface area (Å²) >= 11 is 0. The number of hydroxylamine groups is 2. The lowest BCUT2D eigenvalue weighted by Gasteiger charge is -2.02. The minimum absolute atomic E-state index is 0.155. The molecular weight excluding hydrogens is 276 g/mol. The molecule has 0 rings (SSSR count). The van der Waals surface area contributed by atoms with E-state index >= 15 is 0 Å². The summed E-state index contributed by atoms with van der Waals surface area (Å²) < 4.78 is 0. The predicted molar refractivity (Wildman–Crippen MR) is 95.0 cm³/mol. The Balaban J connectivity index is 0. The Morgan fingerprint density at radius 3 is 1.32 bits per heavy atom. The molecule has 0 aliphatic heterocycles. The van der Waals surface area contributed by atoms with Crippen LogP contribution >= 0.6 is 0 Å². The molecule has 22 heavy (non-hydrogen) atoms. The predicted octanol–water partition coefficient (Wildman–Crippen LogP) is 4.89. The Kier molecular flexibility index (Phi) is 21.9. The van der Waals surface area contributed by atoms with Crippen molar-refractivity contribution in [3.8, 4) is 0 Å². The van der Waals surface area contributed by atoms with E-state index in [1.54, 1.807) is 14.1 Å². The van der Waals surface area contributed by atoms with Crippen LogP contribution in [0, 0.1) is 0 Å². The molecule has 1 amide bonds. The van der Waals surface area contributed by atoms with Crippen LogP contribution in [0.2, 0.25) is 0 Å². The van der Waals surface area contributed by atoms with Crippen molar-refractivity contribution in [2.45, 2.75) is 96.8 Å². The topological polar surface area (TPSA) is 66.6 Å². The zero-order valence-electron chi connectivity index (χ0n) is 15.3. The van der Waals surface area contributed by atoms with Gasteiger partial charge in [-0.3, -0.25) is 4.79 Å². The third-order valence-electron chi connectivity index (χ3n) is 3.53. The zero-order valence-corrected chi connectivity index (χ0v) is 15.3. The van der Waals surface area contributed by atoms with Crippen molar-refractivity contribution >= 4 is 5.91 Å². The van der Waals surface area contributed by atoms with Crippen LogP contribution in [0.5, 0.6) is 0 Å². The highest BCUT2D eigenvalue weighted by atomic mass is 16.5. The molecule has 4 heteroatoms. The summed E-state index contributed by atoms with van der Waals surface area (Å²) in [6, 6.07) is 0. The number of nitrogens with two attached hydrogens (primary N) is 1. The van der Waals surface area contributed by atoms with Crippen LogP contribution in [0.3, 0.4) is 0 Å². The monoisotopic (exact) mass is 316 g/mol. The second kappa shape index (κ2) is 20.4. The van der Waals surface area contributed by atoms with Crippen molar-refractivity contribution < 1.29 is 10.0 Å². The van der Waals surface area contributed by atoms with Gasteiger partial charge >= 0.3 is 0 Å². The van der Waals surface area contributed by atoms with Crippen LogP contribution in [0.15, 0.2) is 0 Å². The summed E-state index contributed by atoms with van der Waals surface area (Å²) in [7, 11) is 3.11. The van der Waals surface area contributed by atoms with Gasteiger partial charge in [0.05, 0.1) is 0 Å². The standard InChI is InChI=1S/C16H33NO.C2H7NO/c1-2-3-4-5-6-7-8-9-10-11-12-13-14-15-16(17)18;1-3(2)4/h2-15H2,1H3,(H2,17,18);4H,1-2H3. The van der Waals surface area contributed by atoms with E-state index < -0.39 is 0 Å². The lowest BCUT2D eigenvalue weighted by atomic mass is 10.0. The quantitative estimate of drug-likeness (QED) is 0.354. The molecule has 0 unspecified atom stereocenters. The van der Waals surface area contributed by atoms with E-state index in [1.165, 1.54) is 77.0 Å². The minimum Gasteiger partial charge on any atom is -0.370 e. The highest BCUT2D eigenvalue weighted by Gasteiger charge is 1.95. The smallest absolute Gasteiger partial charge is 0.217 e. The summed E-state index contributed by atoms with van der Waals surface area (Å²) in [4.78, 5) is 10.5. The first-order valence-corrected chi connectivity index (χ1v) is 9.15. The number of carbonyl (C=O) groups is 1. The maximum atomic E-state index is 10.5. The first-order chi connectivity index (χ1) is 10.5. The molecule has 3 N–H and O–H groups in total. The Morgan fingerprint density at radius 2 is 1.05 bits per heavy atom. The minimum atomic E-state index is -0.155. The molecule has 0 aromatic carbocycles. The number of hydrogen-bond acceptors (Lipinski definition) is 3. The summed E-state index contributed by atoms with van der Waals surface area (Å²) in [5.41, 5.74) is 5.09. The Morgan fingerprint density at radius 1 is 0.773 bits per heavy atom. The molecule has 0 atom stereocenters. The van der Waals surface area contributed by atoms with E-state index in [-0.39, 0.29) is 5.91 Å². The molecule has 0 radical (unpaired) electrons. The van der Waals surface area contributed by atoms with Gasteiger partial charge in [0.25, 0.3) is 0 Å². The summed E-state index contributed by atoms with van der Waals surface area (Å²) in [5.74, 6) is -0.155. The van der Waals surface area contributed by atoms with Crippen LogP contribution in [0.4, 0.5) is 0 Å². The molecule has 0 heterocycles. The van der Waals surface area contributed by atoms with E-state index in [1.807, 2.05) is 0 Å². The third kappa shape index (κ3) is 31.7. The average Bonchev–Trinajstić information content (AvgIpc) is 2.43. The maximum Gasteiger partial charge on any atom is 0.217 e. The number of amides is 1. The first-order valence-electron chi connectivity index (χ1n) is 9.15. The summed E-state index contributed by atoms with van der Waals surface area (Å²) in [5, 5.41) is 8.89. The van der Waals surface area contributed by atoms with Crippen molar-refractivity contribution in [1.29, 1.82) is 0 Å². The Labute approximate surface area is 138 Å². The Bertz CT molecular complexity index is 218. The second-order valence-electron chi connectivity index (χ2n) is 6.31. The molecule has 0 saturated heterocycles. The zero-order chi connectivity index (χ0) is 17.1. The normalized spacial score (nSPS) is 10.4. The number of carbonyl (C=O) groups excluding carboxylic acids is 1. The molecule has 4 nitrogen and oxygen atoms in total.